The van der Waals surface area contributed by atoms with Gasteiger partial charge >= 0.3 is 5.97 Å². The van der Waals surface area contributed by atoms with Gasteiger partial charge in [0.2, 0.25) is 5.91 Å². The number of nitrogens with one attached hydrogen (secondary N) is 1. The predicted molar refractivity (Wildman–Crippen MR) is 343 cm³/mol. The highest BCUT2D eigenvalue weighted by Gasteiger charge is 2.20. The van der Waals surface area contributed by atoms with Crippen LogP contribution < -0.4 is 5.32 Å². The number of hydrogen-bond donors (Lipinski definition) is 3. The fraction of sp³-hybridized carbons (Fsp3) is 0.889. The van der Waals surface area contributed by atoms with Crippen LogP contribution in [0.3, 0.4) is 0 Å². The monoisotopic (exact) mass is 1100 g/mol. The van der Waals surface area contributed by atoms with Crippen molar-refractivity contribution in [2.45, 2.75) is 398 Å². The van der Waals surface area contributed by atoms with Crippen molar-refractivity contribution >= 4 is 11.9 Å². The maximum Gasteiger partial charge on any atom is 0.305 e. The number of aliphatic hydroxyl groups excluding tert-OH is 2. The van der Waals surface area contributed by atoms with E-state index >= 15 is 0 Å². The molecule has 0 saturated carbocycles. The molecule has 0 aromatic heterocycles. The van der Waals surface area contributed by atoms with Crippen molar-refractivity contribution in [3.05, 3.63) is 36.5 Å². The molecule has 3 N–H and O–H groups in total. The Morgan fingerprint density at radius 1 is 0.359 bits per heavy atom. The quantitative estimate of drug-likeness (QED) is 0.0320. The molecule has 78 heavy (non-hydrogen) atoms. The molecule has 0 bridgehead atoms. The maximum absolute atomic E-state index is 12.5. The average molecular weight is 1100 g/mol. The number of allylic oxidation sites excluding steroid dienone is 6. The molecule has 0 heterocycles. The summed E-state index contributed by atoms with van der Waals surface area (Å²) in [5.74, 6) is -0.0377. The lowest BCUT2D eigenvalue weighted by Crippen LogP contribution is -2.45. The van der Waals surface area contributed by atoms with Gasteiger partial charge in [0.05, 0.1) is 25.4 Å². The molecule has 0 aliphatic rings. The molecule has 6 heteroatoms. The highest BCUT2D eigenvalue weighted by atomic mass is 16.5. The molecule has 2 atom stereocenters. The van der Waals surface area contributed by atoms with Crippen LogP contribution in [0.4, 0.5) is 0 Å². The molecule has 0 rings (SSSR count). The molecule has 0 aliphatic carbocycles. The Labute approximate surface area is 487 Å². The summed E-state index contributed by atoms with van der Waals surface area (Å²) in [6.07, 6.45) is 86.1. The Hall–Kier alpha value is -1.92. The van der Waals surface area contributed by atoms with Gasteiger partial charge in [0.1, 0.15) is 0 Å². The van der Waals surface area contributed by atoms with Gasteiger partial charge in [0.25, 0.3) is 0 Å². The summed E-state index contributed by atoms with van der Waals surface area (Å²) in [6.45, 7) is 4.95. The second-order valence-corrected chi connectivity index (χ2v) is 24.2. The fourth-order valence-electron chi connectivity index (χ4n) is 11.0. The first-order valence-electron chi connectivity index (χ1n) is 35.2. The van der Waals surface area contributed by atoms with Crippen LogP contribution in [0.2, 0.25) is 0 Å². The largest absolute Gasteiger partial charge is 0.466 e. The van der Waals surface area contributed by atoms with Crippen LogP contribution in [0.15, 0.2) is 36.5 Å². The van der Waals surface area contributed by atoms with E-state index in [-0.39, 0.29) is 18.5 Å². The third-order valence-corrected chi connectivity index (χ3v) is 16.4. The fourth-order valence-corrected chi connectivity index (χ4v) is 11.0. The molecule has 0 aromatic carbocycles. The number of esters is 1. The second kappa shape index (κ2) is 67.6. The summed E-state index contributed by atoms with van der Waals surface area (Å²) in [7, 11) is 0. The first kappa shape index (κ1) is 76.1. The normalized spacial score (nSPS) is 12.7. The van der Waals surface area contributed by atoms with E-state index in [9.17, 15) is 19.8 Å². The molecule has 0 radical (unpaired) electrons. The Morgan fingerprint density at radius 3 is 1.01 bits per heavy atom. The van der Waals surface area contributed by atoms with Crippen molar-refractivity contribution < 1.29 is 24.5 Å². The first-order valence-corrected chi connectivity index (χ1v) is 35.2. The molecule has 2 unspecified atom stereocenters. The van der Waals surface area contributed by atoms with E-state index < -0.39 is 12.1 Å². The van der Waals surface area contributed by atoms with Crippen molar-refractivity contribution in [1.82, 2.24) is 5.32 Å². The summed E-state index contributed by atoms with van der Waals surface area (Å²) in [5, 5.41) is 23.4. The number of ether oxygens (including phenoxy) is 1. The van der Waals surface area contributed by atoms with Gasteiger partial charge in [-0.1, -0.05) is 326 Å². The number of carbonyl (C=O) groups excluding carboxylic acids is 2. The molecule has 0 aliphatic heterocycles. The number of rotatable bonds is 66. The van der Waals surface area contributed by atoms with Crippen molar-refractivity contribution in [3.8, 4) is 0 Å². The summed E-state index contributed by atoms with van der Waals surface area (Å²) >= 11 is 0. The van der Waals surface area contributed by atoms with E-state index in [4.69, 9.17) is 4.74 Å². The van der Waals surface area contributed by atoms with Gasteiger partial charge in [-0.15, -0.1) is 0 Å². The third-order valence-electron chi connectivity index (χ3n) is 16.4. The number of hydrogen-bond acceptors (Lipinski definition) is 5. The molecule has 460 valence electrons. The maximum atomic E-state index is 12.5. The Morgan fingerprint density at radius 2 is 0.641 bits per heavy atom. The van der Waals surface area contributed by atoms with E-state index in [0.29, 0.717) is 25.9 Å². The SMILES string of the molecule is CCCCC/C=C\C/C=C\CCCCCCCCCC(=O)OCCCCCCCCCCCC/C=C\CCCCCCCCCC(=O)NC(CO)C(O)CCCCCCCCCCCCCCCCCCCCCCCCC. The Kier molecular flexibility index (Phi) is 65.9. The topological polar surface area (TPSA) is 95.9 Å². The molecule has 0 fully saturated rings. The standard InChI is InChI=1S/C72H137NO5/c1-3-5-7-9-11-13-15-17-19-21-22-23-24-26-29-33-36-40-44-48-52-56-60-64-70(75)69(68-74)73-71(76)65-61-57-53-49-45-41-37-34-30-27-25-28-31-35-39-43-47-51-55-59-63-67-78-72(77)66-62-58-54-50-46-42-38-32-20-18-16-14-12-10-8-6-4-2/h12,14,18,20,27,30,69-70,74-75H,3-11,13,15-17,19,21-26,28-29,31-68H2,1-2H3,(H,73,76)/b14-12-,20-18-,30-27-. The van der Waals surface area contributed by atoms with Gasteiger partial charge in [-0.2, -0.15) is 0 Å². The smallest absolute Gasteiger partial charge is 0.305 e. The van der Waals surface area contributed by atoms with Crippen molar-refractivity contribution in [3.63, 3.8) is 0 Å². The lowest BCUT2D eigenvalue weighted by atomic mass is 10.0. The van der Waals surface area contributed by atoms with Crippen molar-refractivity contribution in [2.24, 2.45) is 0 Å². The summed E-state index contributed by atoms with van der Waals surface area (Å²) in [6, 6.07) is -0.549. The van der Waals surface area contributed by atoms with E-state index in [1.54, 1.807) is 0 Å². The van der Waals surface area contributed by atoms with Gasteiger partial charge in [-0.05, 0) is 83.5 Å². The minimum Gasteiger partial charge on any atom is -0.466 e. The highest BCUT2D eigenvalue weighted by molar-refractivity contribution is 5.76. The molecular formula is C72H137NO5. The summed E-state index contributed by atoms with van der Waals surface area (Å²) in [4.78, 5) is 24.6. The zero-order valence-electron chi connectivity index (χ0n) is 52.7. The van der Waals surface area contributed by atoms with Gasteiger partial charge in [-0.3, -0.25) is 9.59 Å². The first-order chi connectivity index (χ1) is 38.5. The van der Waals surface area contributed by atoms with Crippen LogP contribution in [-0.2, 0) is 14.3 Å². The van der Waals surface area contributed by atoms with Gasteiger partial charge in [0.15, 0.2) is 0 Å². The van der Waals surface area contributed by atoms with Crippen LogP contribution in [-0.4, -0.2) is 47.4 Å². The second-order valence-electron chi connectivity index (χ2n) is 24.2. The van der Waals surface area contributed by atoms with Crippen LogP contribution in [0.5, 0.6) is 0 Å². The minimum absolute atomic E-state index is 0.00120. The Bertz CT molecular complexity index is 1260. The third kappa shape index (κ3) is 63.3. The van der Waals surface area contributed by atoms with Crippen LogP contribution in [0, 0.1) is 0 Å². The van der Waals surface area contributed by atoms with Crippen LogP contribution in [0.25, 0.3) is 0 Å². The summed E-state index contributed by atoms with van der Waals surface area (Å²) in [5.41, 5.74) is 0. The van der Waals surface area contributed by atoms with Gasteiger partial charge in [-0.25, -0.2) is 0 Å². The zero-order valence-corrected chi connectivity index (χ0v) is 52.7. The van der Waals surface area contributed by atoms with E-state index in [0.717, 1.165) is 51.4 Å². The zero-order chi connectivity index (χ0) is 56.4. The van der Waals surface area contributed by atoms with Crippen molar-refractivity contribution in [1.29, 1.82) is 0 Å². The molecule has 0 saturated heterocycles. The Balaban J connectivity index is 3.42. The highest BCUT2D eigenvalue weighted by Crippen LogP contribution is 2.19. The van der Waals surface area contributed by atoms with E-state index in [2.05, 4.69) is 55.6 Å². The number of aliphatic hydroxyl groups is 2. The van der Waals surface area contributed by atoms with Gasteiger partial charge < -0.3 is 20.3 Å². The lowest BCUT2D eigenvalue weighted by Gasteiger charge is -2.22. The average Bonchev–Trinajstić information content (AvgIpc) is 3.44. The molecule has 0 spiro atoms. The molecule has 0 aromatic rings. The van der Waals surface area contributed by atoms with Gasteiger partial charge in [0, 0.05) is 12.8 Å². The number of unbranched alkanes of at least 4 members (excludes halogenated alkanes) is 49. The van der Waals surface area contributed by atoms with E-state index in [1.807, 2.05) is 0 Å². The van der Waals surface area contributed by atoms with Crippen LogP contribution >= 0.6 is 0 Å². The van der Waals surface area contributed by atoms with Crippen LogP contribution in [0.1, 0.15) is 386 Å². The number of carbonyl (C=O) groups is 2. The molecule has 1 amide bonds. The minimum atomic E-state index is -0.671. The summed E-state index contributed by atoms with van der Waals surface area (Å²) < 4.78 is 5.49. The lowest BCUT2D eigenvalue weighted by molar-refractivity contribution is -0.143. The molecule has 6 nitrogen and oxygen atoms in total. The molecular weight excluding hydrogens is 959 g/mol. The van der Waals surface area contributed by atoms with E-state index in [1.165, 1.54) is 302 Å². The predicted octanol–water partition coefficient (Wildman–Crippen LogP) is 22.7. The van der Waals surface area contributed by atoms with Crippen molar-refractivity contribution in [2.75, 3.05) is 13.2 Å². The number of amides is 1.